The maximum atomic E-state index is 5.63. The summed E-state index contributed by atoms with van der Waals surface area (Å²) in [6, 6.07) is 8.19. The van der Waals surface area contributed by atoms with Gasteiger partial charge in [-0.2, -0.15) is 0 Å². The van der Waals surface area contributed by atoms with Crippen molar-refractivity contribution in [2.75, 3.05) is 25.9 Å². The number of rotatable bonds is 6. The first-order valence-corrected chi connectivity index (χ1v) is 5.75. The lowest BCUT2D eigenvalue weighted by atomic mass is 10.1. The van der Waals surface area contributed by atoms with E-state index in [1.54, 1.807) is 0 Å². The van der Waals surface area contributed by atoms with Crippen LogP contribution in [0.3, 0.4) is 0 Å². The molecule has 0 fully saturated rings. The Morgan fingerprint density at radius 2 is 1.80 bits per heavy atom. The van der Waals surface area contributed by atoms with Crippen LogP contribution in [0.15, 0.2) is 24.3 Å². The molecule has 15 heavy (non-hydrogen) atoms. The highest BCUT2D eigenvalue weighted by Gasteiger charge is 1.97. The predicted molar refractivity (Wildman–Crippen MR) is 67.0 cm³/mol. The van der Waals surface area contributed by atoms with E-state index in [4.69, 9.17) is 5.73 Å². The molecule has 0 saturated heterocycles. The summed E-state index contributed by atoms with van der Waals surface area (Å²) in [6.07, 6.45) is 3.60. The predicted octanol–water partition coefficient (Wildman–Crippen LogP) is 2.54. The standard InChI is InChI=1S/C13H22N2/c1-3-10-15(2)11-4-5-12-6-8-13(14)9-7-12/h6-9H,3-5,10-11,14H2,1-2H3. The summed E-state index contributed by atoms with van der Waals surface area (Å²) in [5.41, 5.74) is 7.87. The fraction of sp³-hybridized carbons (Fsp3) is 0.538. The zero-order chi connectivity index (χ0) is 11.1. The molecule has 0 aliphatic carbocycles. The first-order chi connectivity index (χ1) is 7.22. The van der Waals surface area contributed by atoms with Crippen LogP contribution in [-0.2, 0) is 6.42 Å². The van der Waals surface area contributed by atoms with Crippen LogP contribution in [0.5, 0.6) is 0 Å². The number of aryl methyl sites for hydroxylation is 1. The highest BCUT2D eigenvalue weighted by molar-refractivity contribution is 5.39. The SMILES string of the molecule is CCCN(C)CCCc1ccc(N)cc1. The van der Waals surface area contributed by atoms with E-state index in [1.165, 1.54) is 31.5 Å². The molecule has 2 N–H and O–H groups in total. The molecule has 1 aromatic rings. The smallest absolute Gasteiger partial charge is 0.0314 e. The summed E-state index contributed by atoms with van der Waals surface area (Å²) in [5.74, 6) is 0. The molecule has 84 valence electrons. The third-order valence-corrected chi connectivity index (χ3v) is 2.59. The van der Waals surface area contributed by atoms with Crippen molar-refractivity contribution < 1.29 is 0 Å². The number of hydrogen-bond donors (Lipinski definition) is 1. The number of nitrogens with zero attached hydrogens (tertiary/aromatic N) is 1. The topological polar surface area (TPSA) is 29.3 Å². The molecular formula is C13H22N2. The Morgan fingerprint density at radius 3 is 2.40 bits per heavy atom. The Bertz CT molecular complexity index is 266. The van der Waals surface area contributed by atoms with Gasteiger partial charge in [-0.15, -0.1) is 0 Å². The van der Waals surface area contributed by atoms with Crippen molar-refractivity contribution in [3.63, 3.8) is 0 Å². The van der Waals surface area contributed by atoms with Gasteiger partial charge in [-0.3, -0.25) is 0 Å². The minimum atomic E-state index is 0.849. The van der Waals surface area contributed by atoms with Crippen molar-refractivity contribution in [1.29, 1.82) is 0 Å². The van der Waals surface area contributed by atoms with Crippen LogP contribution >= 0.6 is 0 Å². The molecule has 1 rings (SSSR count). The Morgan fingerprint density at radius 1 is 1.13 bits per heavy atom. The van der Waals surface area contributed by atoms with Crippen LogP contribution in [0.25, 0.3) is 0 Å². The van der Waals surface area contributed by atoms with Gasteiger partial charge in [0.25, 0.3) is 0 Å². The molecule has 0 bridgehead atoms. The molecular weight excluding hydrogens is 184 g/mol. The monoisotopic (exact) mass is 206 g/mol. The van der Waals surface area contributed by atoms with Crippen LogP contribution in [0.4, 0.5) is 5.69 Å². The Labute approximate surface area is 93.1 Å². The minimum Gasteiger partial charge on any atom is -0.399 e. The zero-order valence-corrected chi connectivity index (χ0v) is 9.87. The van der Waals surface area contributed by atoms with E-state index < -0.39 is 0 Å². The minimum absolute atomic E-state index is 0.849. The quantitative estimate of drug-likeness (QED) is 0.725. The summed E-state index contributed by atoms with van der Waals surface area (Å²) in [7, 11) is 2.19. The second kappa shape index (κ2) is 6.46. The zero-order valence-electron chi connectivity index (χ0n) is 9.87. The molecule has 2 heteroatoms. The van der Waals surface area contributed by atoms with Gasteiger partial charge in [0.15, 0.2) is 0 Å². The Kier molecular flexibility index (Phi) is 5.19. The van der Waals surface area contributed by atoms with E-state index in [9.17, 15) is 0 Å². The molecule has 0 radical (unpaired) electrons. The molecule has 0 aliphatic rings. The van der Waals surface area contributed by atoms with E-state index >= 15 is 0 Å². The van der Waals surface area contributed by atoms with Crippen LogP contribution in [-0.4, -0.2) is 25.0 Å². The van der Waals surface area contributed by atoms with Crippen molar-refractivity contribution in [3.05, 3.63) is 29.8 Å². The molecule has 0 atom stereocenters. The third-order valence-electron chi connectivity index (χ3n) is 2.59. The van der Waals surface area contributed by atoms with Gasteiger partial charge in [0.2, 0.25) is 0 Å². The summed E-state index contributed by atoms with van der Waals surface area (Å²) in [5, 5.41) is 0. The highest BCUT2D eigenvalue weighted by atomic mass is 15.1. The molecule has 0 unspecified atom stereocenters. The van der Waals surface area contributed by atoms with Gasteiger partial charge >= 0.3 is 0 Å². The summed E-state index contributed by atoms with van der Waals surface area (Å²) >= 11 is 0. The van der Waals surface area contributed by atoms with Crippen LogP contribution in [0.1, 0.15) is 25.3 Å². The number of nitrogens with two attached hydrogens (primary N) is 1. The third kappa shape index (κ3) is 4.84. The lowest BCUT2D eigenvalue weighted by Gasteiger charge is -2.14. The molecule has 2 nitrogen and oxygen atoms in total. The molecule has 0 aromatic heterocycles. The maximum absolute atomic E-state index is 5.63. The van der Waals surface area contributed by atoms with Gasteiger partial charge in [-0.05, 0) is 57.1 Å². The van der Waals surface area contributed by atoms with Gasteiger partial charge in [0.05, 0.1) is 0 Å². The van der Waals surface area contributed by atoms with Gasteiger partial charge < -0.3 is 10.6 Å². The van der Waals surface area contributed by atoms with E-state index in [1.807, 2.05) is 12.1 Å². The van der Waals surface area contributed by atoms with Crippen molar-refractivity contribution in [1.82, 2.24) is 4.90 Å². The molecule has 1 aromatic carbocycles. The molecule has 0 heterocycles. The summed E-state index contributed by atoms with van der Waals surface area (Å²) < 4.78 is 0. The Hall–Kier alpha value is -1.02. The molecule has 0 saturated carbocycles. The molecule has 0 spiro atoms. The normalized spacial score (nSPS) is 10.9. The second-order valence-corrected chi connectivity index (χ2v) is 4.15. The number of hydrogen-bond acceptors (Lipinski definition) is 2. The first kappa shape index (κ1) is 12.1. The molecule has 0 amide bonds. The van der Waals surface area contributed by atoms with Gasteiger partial charge in [-0.1, -0.05) is 19.1 Å². The maximum Gasteiger partial charge on any atom is 0.0314 e. The lowest BCUT2D eigenvalue weighted by Crippen LogP contribution is -2.20. The van der Waals surface area contributed by atoms with E-state index in [2.05, 4.69) is 31.0 Å². The number of anilines is 1. The van der Waals surface area contributed by atoms with Gasteiger partial charge in [0.1, 0.15) is 0 Å². The van der Waals surface area contributed by atoms with Crippen molar-refractivity contribution >= 4 is 5.69 Å². The first-order valence-electron chi connectivity index (χ1n) is 5.75. The van der Waals surface area contributed by atoms with Gasteiger partial charge in [-0.25, -0.2) is 0 Å². The van der Waals surface area contributed by atoms with Crippen molar-refractivity contribution in [2.24, 2.45) is 0 Å². The van der Waals surface area contributed by atoms with E-state index in [0.717, 1.165) is 12.1 Å². The van der Waals surface area contributed by atoms with Crippen molar-refractivity contribution in [3.8, 4) is 0 Å². The lowest BCUT2D eigenvalue weighted by molar-refractivity contribution is 0.330. The summed E-state index contributed by atoms with van der Waals surface area (Å²) in [4.78, 5) is 2.39. The average Bonchev–Trinajstić information content (AvgIpc) is 2.21. The largest absolute Gasteiger partial charge is 0.399 e. The van der Waals surface area contributed by atoms with Crippen molar-refractivity contribution in [2.45, 2.75) is 26.2 Å². The fourth-order valence-corrected chi connectivity index (χ4v) is 1.73. The van der Waals surface area contributed by atoms with E-state index in [-0.39, 0.29) is 0 Å². The fourth-order valence-electron chi connectivity index (χ4n) is 1.73. The number of benzene rings is 1. The second-order valence-electron chi connectivity index (χ2n) is 4.15. The van der Waals surface area contributed by atoms with Crippen LogP contribution < -0.4 is 5.73 Å². The van der Waals surface area contributed by atoms with Crippen LogP contribution in [0.2, 0.25) is 0 Å². The van der Waals surface area contributed by atoms with Gasteiger partial charge in [0, 0.05) is 5.69 Å². The highest BCUT2D eigenvalue weighted by Crippen LogP contribution is 2.07. The van der Waals surface area contributed by atoms with Crippen LogP contribution in [0, 0.1) is 0 Å². The summed E-state index contributed by atoms with van der Waals surface area (Å²) in [6.45, 7) is 4.59. The molecule has 0 aliphatic heterocycles. The van der Waals surface area contributed by atoms with E-state index in [0.29, 0.717) is 0 Å². The average molecular weight is 206 g/mol. The number of nitrogen functional groups attached to an aromatic ring is 1. The Balaban J connectivity index is 2.22.